The Kier molecular flexibility index (Phi) is 5.01. The molecular formula is C20H22FN3O3S. The minimum absolute atomic E-state index is 0.0344. The topological polar surface area (TPSA) is 93.4 Å². The van der Waals surface area contributed by atoms with Crippen LogP contribution >= 0.6 is 0 Å². The van der Waals surface area contributed by atoms with E-state index in [0.29, 0.717) is 16.9 Å². The summed E-state index contributed by atoms with van der Waals surface area (Å²) in [6.45, 7) is 2.76. The van der Waals surface area contributed by atoms with Crippen molar-refractivity contribution in [3.05, 3.63) is 60.0 Å². The molecule has 1 amide bonds. The van der Waals surface area contributed by atoms with Gasteiger partial charge in [-0.1, -0.05) is 24.3 Å². The maximum atomic E-state index is 14.8. The Morgan fingerprint density at radius 3 is 2.64 bits per heavy atom. The number of aromatic nitrogens is 1. The SMILES string of the molecule is CC(=O)N(Cc1ccc2ccc(N)nc2c1)[C@@H]1C(F)=CC=C[C@@]1(C)S(C)(=O)=O. The van der Waals surface area contributed by atoms with E-state index in [9.17, 15) is 17.6 Å². The first-order chi connectivity index (χ1) is 13.0. The molecule has 0 unspecified atom stereocenters. The fourth-order valence-electron chi connectivity index (χ4n) is 3.43. The van der Waals surface area contributed by atoms with Crippen molar-refractivity contribution in [3.63, 3.8) is 0 Å². The molecule has 1 aromatic carbocycles. The zero-order valence-electron chi connectivity index (χ0n) is 15.9. The molecule has 0 aliphatic heterocycles. The molecular weight excluding hydrogens is 381 g/mol. The van der Waals surface area contributed by atoms with Gasteiger partial charge in [-0.05, 0) is 36.8 Å². The molecule has 1 aliphatic carbocycles. The van der Waals surface area contributed by atoms with E-state index < -0.39 is 32.4 Å². The van der Waals surface area contributed by atoms with Crippen molar-refractivity contribution < 1.29 is 17.6 Å². The van der Waals surface area contributed by atoms with Gasteiger partial charge in [0.25, 0.3) is 0 Å². The fourth-order valence-corrected chi connectivity index (χ4v) is 4.40. The summed E-state index contributed by atoms with van der Waals surface area (Å²) in [6.07, 6.45) is 5.03. The summed E-state index contributed by atoms with van der Waals surface area (Å²) in [5, 5.41) is 0.875. The second-order valence-electron chi connectivity index (χ2n) is 7.18. The van der Waals surface area contributed by atoms with E-state index in [1.807, 2.05) is 12.1 Å². The molecule has 0 spiro atoms. The van der Waals surface area contributed by atoms with Crippen LogP contribution in [0, 0.1) is 0 Å². The molecule has 0 bridgehead atoms. The average Bonchev–Trinajstić information content (AvgIpc) is 2.59. The molecule has 2 N–H and O–H groups in total. The third-order valence-corrected chi connectivity index (χ3v) is 7.09. The van der Waals surface area contributed by atoms with Crippen molar-refractivity contribution in [2.24, 2.45) is 0 Å². The van der Waals surface area contributed by atoms with Gasteiger partial charge in [0.2, 0.25) is 5.91 Å². The molecule has 6 nitrogen and oxygen atoms in total. The fraction of sp³-hybridized carbons (Fsp3) is 0.300. The number of hydrogen-bond acceptors (Lipinski definition) is 5. The van der Waals surface area contributed by atoms with Gasteiger partial charge in [-0.15, -0.1) is 0 Å². The van der Waals surface area contributed by atoms with Crippen molar-refractivity contribution >= 4 is 32.5 Å². The molecule has 0 fully saturated rings. The highest BCUT2D eigenvalue weighted by Gasteiger charge is 2.48. The number of nitrogens with two attached hydrogens (primary N) is 1. The van der Waals surface area contributed by atoms with Crippen LogP contribution in [0.4, 0.5) is 10.2 Å². The number of carbonyl (C=O) groups excluding carboxylic acids is 1. The van der Waals surface area contributed by atoms with Crippen LogP contribution in [-0.2, 0) is 21.2 Å². The highest BCUT2D eigenvalue weighted by Crippen LogP contribution is 2.36. The molecule has 8 heteroatoms. The summed E-state index contributed by atoms with van der Waals surface area (Å²) >= 11 is 0. The number of anilines is 1. The molecule has 0 saturated heterocycles. The van der Waals surface area contributed by atoms with Gasteiger partial charge in [0, 0.05) is 25.1 Å². The number of sulfone groups is 1. The minimum atomic E-state index is -3.71. The third-order valence-electron chi connectivity index (χ3n) is 5.13. The summed E-state index contributed by atoms with van der Waals surface area (Å²) in [6, 6.07) is 7.66. The molecule has 1 aromatic heterocycles. The standard InChI is InChI=1S/C20H22FN3O3S/c1-13(25)24(19-16(21)5-4-10-20(19,2)28(3,26)27)12-14-6-7-15-8-9-18(22)23-17(15)11-14/h4-11,19H,12H2,1-3H3,(H2,22,23)/t19-,20-/m1/s1. The molecule has 148 valence electrons. The smallest absolute Gasteiger partial charge is 0.220 e. The van der Waals surface area contributed by atoms with E-state index >= 15 is 0 Å². The number of rotatable bonds is 4. The van der Waals surface area contributed by atoms with Gasteiger partial charge in [0.1, 0.15) is 22.4 Å². The Morgan fingerprint density at radius 1 is 1.32 bits per heavy atom. The number of halogens is 1. The summed E-state index contributed by atoms with van der Waals surface area (Å²) in [7, 11) is -3.71. The molecule has 2 atom stereocenters. The second kappa shape index (κ2) is 7.01. The Balaban J connectivity index is 2.05. The number of fused-ring (bicyclic) bond motifs is 1. The lowest BCUT2D eigenvalue weighted by Crippen LogP contribution is -2.56. The lowest BCUT2D eigenvalue weighted by Gasteiger charge is -2.41. The largest absolute Gasteiger partial charge is 0.384 e. The summed E-state index contributed by atoms with van der Waals surface area (Å²) in [5.74, 6) is -0.739. The predicted octanol–water partition coefficient (Wildman–Crippen LogP) is 2.76. The van der Waals surface area contributed by atoms with E-state index in [2.05, 4.69) is 4.98 Å². The quantitative estimate of drug-likeness (QED) is 0.847. The van der Waals surface area contributed by atoms with E-state index in [0.717, 1.165) is 11.6 Å². The molecule has 0 saturated carbocycles. The number of nitrogens with zero attached hydrogens (tertiary/aromatic N) is 2. The normalized spacial score (nSPS) is 22.1. The zero-order chi connectivity index (χ0) is 20.7. The van der Waals surface area contributed by atoms with Crippen molar-refractivity contribution in [2.75, 3.05) is 12.0 Å². The molecule has 0 radical (unpaired) electrons. The lowest BCUT2D eigenvalue weighted by molar-refractivity contribution is -0.131. The first-order valence-corrected chi connectivity index (χ1v) is 10.6. The number of amides is 1. The van der Waals surface area contributed by atoms with Gasteiger partial charge in [0.15, 0.2) is 9.84 Å². The average molecular weight is 403 g/mol. The second-order valence-corrected chi connectivity index (χ2v) is 9.60. The van der Waals surface area contributed by atoms with Crippen LogP contribution in [0.3, 0.4) is 0 Å². The lowest BCUT2D eigenvalue weighted by atomic mass is 9.92. The van der Waals surface area contributed by atoms with Crippen LogP contribution in [0.1, 0.15) is 19.4 Å². The minimum Gasteiger partial charge on any atom is -0.384 e. The first kappa shape index (κ1) is 20.0. The molecule has 28 heavy (non-hydrogen) atoms. The van der Waals surface area contributed by atoms with Crippen molar-refractivity contribution in [2.45, 2.75) is 31.2 Å². The van der Waals surface area contributed by atoms with Crippen LogP contribution in [0.2, 0.25) is 0 Å². The van der Waals surface area contributed by atoms with E-state index in [-0.39, 0.29) is 6.54 Å². The van der Waals surface area contributed by atoms with Gasteiger partial charge >= 0.3 is 0 Å². The van der Waals surface area contributed by atoms with Crippen molar-refractivity contribution in [1.82, 2.24) is 9.88 Å². The van der Waals surface area contributed by atoms with Crippen LogP contribution in [-0.4, -0.2) is 41.3 Å². The molecule has 1 heterocycles. The summed E-state index contributed by atoms with van der Waals surface area (Å²) < 4.78 is 38.1. The van der Waals surface area contributed by atoms with Gasteiger partial charge < -0.3 is 10.6 Å². The number of hydrogen-bond donors (Lipinski definition) is 1. The first-order valence-electron chi connectivity index (χ1n) is 8.70. The van der Waals surface area contributed by atoms with Crippen molar-refractivity contribution in [3.8, 4) is 0 Å². The Bertz CT molecular complexity index is 1110. The number of pyridine rings is 1. The maximum Gasteiger partial charge on any atom is 0.220 e. The maximum absolute atomic E-state index is 14.8. The number of benzene rings is 1. The highest BCUT2D eigenvalue weighted by molar-refractivity contribution is 7.92. The molecule has 3 rings (SSSR count). The van der Waals surface area contributed by atoms with Gasteiger partial charge in [0.05, 0.1) is 5.52 Å². The number of allylic oxidation sites excluding steroid dienone is 2. The third kappa shape index (κ3) is 3.52. The Labute approximate surface area is 163 Å². The van der Waals surface area contributed by atoms with Gasteiger partial charge in [-0.2, -0.15) is 0 Å². The van der Waals surface area contributed by atoms with Gasteiger partial charge in [-0.3, -0.25) is 4.79 Å². The zero-order valence-corrected chi connectivity index (χ0v) is 16.7. The van der Waals surface area contributed by atoms with Crippen LogP contribution < -0.4 is 5.73 Å². The van der Waals surface area contributed by atoms with Crippen LogP contribution in [0.5, 0.6) is 0 Å². The molecule has 1 aliphatic rings. The van der Waals surface area contributed by atoms with Crippen molar-refractivity contribution in [1.29, 1.82) is 0 Å². The monoisotopic (exact) mass is 403 g/mol. The summed E-state index contributed by atoms with van der Waals surface area (Å²) in [5.41, 5.74) is 7.07. The summed E-state index contributed by atoms with van der Waals surface area (Å²) in [4.78, 5) is 17.9. The Morgan fingerprint density at radius 2 is 2.00 bits per heavy atom. The number of carbonyl (C=O) groups is 1. The van der Waals surface area contributed by atoms with Crippen LogP contribution in [0.25, 0.3) is 10.9 Å². The highest BCUT2D eigenvalue weighted by atomic mass is 32.2. The molecule has 2 aromatic rings. The number of nitrogen functional groups attached to an aromatic ring is 1. The Hall–Kier alpha value is -2.74. The van der Waals surface area contributed by atoms with E-state index in [1.54, 1.807) is 18.2 Å². The predicted molar refractivity (Wildman–Crippen MR) is 108 cm³/mol. The van der Waals surface area contributed by atoms with E-state index in [4.69, 9.17) is 5.73 Å². The van der Waals surface area contributed by atoms with Gasteiger partial charge in [-0.25, -0.2) is 17.8 Å². The van der Waals surface area contributed by atoms with E-state index in [1.165, 1.54) is 37.0 Å². The van der Waals surface area contributed by atoms with Crippen LogP contribution in [0.15, 0.2) is 54.4 Å².